The lowest BCUT2D eigenvalue weighted by atomic mass is 9.72. The topological polar surface area (TPSA) is 4.93 Å². The first-order valence-corrected chi connectivity index (χ1v) is 10.5. The van der Waals surface area contributed by atoms with Crippen LogP contribution in [0.5, 0.6) is 0 Å². The maximum Gasteiger partial charge on any atom is 0.0483 e. The highest BCUT2D eigenvalue weighted by atomic mass is 14.9. The number of aromatic nitrogens is 1. The number of fused-ring (bicyclic) bond motifs is 1. The second-order valence-electron chi connectivity index (χ2n) is 9.59. The molecule has 0 spiro atoms. The molecule has 0 amide bonds. The number of hydrogen-bond acceptors (Lipinski definition) is 0. The second-order valence-corrected chi connectivity index (χ2v) is 9.59. The third-order valence-corrected chi connectivity index (χ3v) is 5.77. The average Bonchev–Trinajstić information content (AvgIpc) is 2.96. The molecule has 1 aromatic heterocycles. The summed E-state index contributed by atoms with van der Waals surface area (Å²) in [5.74, 6) is 1.47. The van der Waals surface area contributed by atoms with Gasteiger partial charge in [0.15, 0.2) is 0 Å². The van der Waals surface area contributed by atoms with E-state index in [0.717, 1.165) is 24.8 Å². The van der Waals surface area contributed by atoms with Gasteiger partial charge in [0.25, 0.3) is 0 Å². The Morgan fingerprint density at radius 3 is 2.37 bits per heavy atom. The molecule has 0 aliphatic rings. The third-order valence-electron chi connectivity index (χ3n) is 5.77. The van der Waals surface area contributed by atoms with Crippen molar-refractivity contribution < 1.29 is 0 Å². The molecule has 1 heterocycles. The molecule has 0 saturated heterocycles. The normalized spacial score (nSPS) is 15.0. The van der Waals surface area contributed by atoms with Crippen molar-refractivity contribution in [3.8, 4) is 0 Å². The number of nitrogens with zero attached hydrogens (tertiary/aromatic N) is 1. The highest BCUT2D eigenvalue weighted by Gasteiger charge is 2.26. The van der Waals surface area contributed by atoms with Crippen molar-refractivity contribution in [3.63, 3.8) is 0 Å². The minimum atomic E-state index is 0.376. The summed E-state index contributed by atoms with van der Waals surface area (Å²) < 4.78 is 2.35. The molecule has 1 unspecified atom stereocenters. The van der Waals surface area contributed by atoms with E-state index >= 15 is 0 Å². The fraction of sp³-hybridized carbons (Fsp3) is 0.538. The summed E-state index contributed by atoms with van der Waals surface area (Å²) in [6.07, 6.45) is 10.6. The van der Waals surface area contributed by atoms with Crippen LogP contribution in [-0.2, 0) is 6.54 Å². The zero-order valence-corrected chi connectivity index (χ0v) is 18.5. The Labute approximate surface area is 167 Å². The van der Waals surface area contributed by atoms with Crippen molar-refractivity contribution in [2.24, 2.45) is 17.3 Å². The Balaban J connectivity index is 1.88. The lowest BCUT2D eigenvalue weighted by Gasteiger charge is -2.33. The predicted octanol–water partition coefficient (Wildman–Crippen LogP) is 8.02. The first kappa shape index (κ1) is 21.5. The van der Waals surface area contributed by atoms with Gasteiger partial charge >= 0.3 is 0 Å². The molecule has 0 aliphatic heterocycles. The Kier molecular flexibility index (Phi) is 7.53. The molecule has 148 valence electrons. The van der Waals surface area contributed by atoms with Crippen molar-refractivity contribution in [2.75, 3.05) is 0 Å². The summed E-state index contributed by atoms with van der Waals surface area (Å²) in [5, 5.41) is 1.32. The summed E-state index contributed by atoms with van der Waals surface area (Å²) in [4.78, 5) is 0. The molecule has 0 radical (unpaired) electrons. The van der Waals surface area contributed by atoms with E-state index in [2.05, 4.69) is 102 Å². The summed E-state index contributed by atoms with van der Waals surface area (Å²) in [5.41, 5.74) is 4.67. The molecule has 27 heavy (non-hydrogen) atoms. The first-order valence-electron chi connectivity index (χ1n) is 10.5. The van der Waals surface area contributed by atoms with Crippen LogP contribution in [0.3, 0.4) is 0 Å². The van der Waals surface area contributed by atoms with Gasteiger partial charge in [-0.15, -0.1) is 0 Å². The third kappa shape index (κ3) is 6.41. The standard InChI is InChI=1S/C26H39N/c1-20(2)24(26(5,6)7)16-15-21(3)11-10-12-22(4)19-27-18-17-23-13-8-9-14-25(23)27/h8-9,12-15,17-18,20,24H,10-11,16,19H2,1-7H3. The van der Waals surface area contributed by atoms with Gasteiger partial charge in [0.1, 0.15) is 0 Å². The van der Waals surface area contributed by atoms with Gasteiger partial charge in [0, 0.05) is 18.3 Å². The number of allylic oxidation sites excluding steroid dienone is 4. The molecule has 1 heteroatoms. The summed E-state index contributed by atoms with van der Waals surface area (Å²) >= 11 is 0. The lowest BCUT2D eigenvalue weighted by molar-refractivity contribution is 0.180. The van der Waals surface area contributed by atoms with E-state index in [0.29, 0.717) is 5.41 Å². The largest absolute Gasteiger partial charge is 0.343 e. The van der Waals surface area contributed by atoms with Crippen LogP contribution in [0.15, 0.2) is 59.8 Å². The molecule has 0 N–H and O–H groups in total. The zero-order chi connectivity index (χ0) is 20.0. The van der Waals surface area contributed by atoms with Gasteiger partial charge in [-0.05, 0) is 67.9 Å². The zero-order valence-electron chi connectivity index (χ0n) is 18.5. The van der Waals surface area contributed by atoms with E-state index in [1.165, 1.54) is 34.9 Å². The van der Waals surface area contributed by atoms with Gasteiger partial charge < -0.3 is 4.57 Å². The highest BCUT2D eigenvalue weighted by Crippen LogP contribution is 2.35. The van der Waals surface area contributed by atoms with Crippen LogP contribution in [0.1, 0.15) is 67.7 Å². The Hall–Kier alpha value is -1.76. The number of para-hydroxylation sites is 1. The Morgan fingerprint density at radius 1 is 1.00 bits per heavy atom. The fourth-order valence-corrected chi connectivity index (χ4v) is 4.21. The molecule has 1 nitrogen and oxygen atoms in total. The van der Waals surface area contributed by atoms with Crippen LogP contribution in [0, 0.1) is 17.3 Å². The first-order chi connectivity index (χ1) is 12.7. The van der Waals surface area contributed by atoms with Gasteiger partial charge in [-0.25, -0.2) is 0 Å². The van der Waals surface area contributed by atoms with E-state index < -0.39 is 0 Å². The van der Waals surface area contributed by atoms with Gasteiger partial charge in [0.05, 0.1) is 0 Å². The van der Waals surface area contributed by atoms with Gasteiger partial charge in [0.2, 0.25) is 0 Å². The van der Waals surface area contributed by atoms with Gasteiger partial charge in [-0.3, -0.25) is 0 Å². The van der Waals surface area contributed by atoms with E-state index in [1.54, 1.807) is 0 Å². The van der Waals surface area contributed by atoms with Crippen molar-refractivity contribution in [1.29, 1.82) is 0 Å². The average molecular weight is 366 g/mol. The fourth-order valence-electron chi connectivity index (χ4n) is 4.21. The summed E-state index contributed by atoms with van der Waals surface area (Å²) in [7, 11) is 0. The van der Waals surface area contributed by atoms with E-state index in [9.17, 15) is 0 Å². The van der Waals surface area contributed by atoms with Crippen LogP contribution in [0.4, 0.5) is 0 Å². The molecule has 1 aromatic carbocycles. The van der Waals surface area contributed by atoms with Crippen LogP contribution in [0.2, 0.25) is 0 Å². The van der Waals surface area contributed by atoms with E-state index in [1.807, 2.05) is 0 Å². The van der Waals surface area contributed by atoms with Crippen LogP contribution in [0.25, 0.3) is 10.9 Å². The van der Waals surface area contributed by atoms with Crippen molar-refractivity contribution in [3.05, 3.63) is 59.8 Å². The predicted molar refractivity (Wildman–Crippen MR) is 121 cm³/mol. The van der Waals surface area contributed by atoms with Crippen LogP contribution in [-0.4, -0.2) is 4.57 Å². The summed E-state index contributed by atoms with van der Waals surface area (Å²) in [6, 6.07) is 10.8. The van der Waals surface area contributed by atoms with Crippen molar-refractivity contribution >= 4 is 10.9 Å². The molecule has 0 saturated carbocycles. The van der Waals surface area contributed by atoms with E-state index in [4.69, 9.17) is 0 Å². The molecule has 2 aromatic rings. The Bertz CT molecular complexity index is 780. The second kappa shape index (κ2) is 9.44. The molecule has 0 fully saturated rings. The van der Waals surface area contributed by atoms with Crippen LogP contribution >= 0.6 is 0 Å². The molecule has 0 aliphatic carbocycles. The molecular formula is C26H39N. The summed E-state index contributed by atoms with van der Waals surface area (Å²) in [6.45, 7) is 17.4. The Morgan fingerprint density at radius 2 is 1.70 bits per heavy atom. The van der Waals surface area contributed by atoms with E-state index in [-0.39, 0.29) is 0 Å². The van der Waals surface area contributed by atoms with Crippen molar-refractivity contribution in [2.45, 2.75) is 74.3 Å². The molecule has 1 atom stereocenters. The highest BCUT2D eigenvalue weighted by molar-refractivity contribution is 5.79. The lowest BCUT2D eigenvalue weighted by Crippen LogP contribution is -2.24. The smallest absolute Gasteiger partial charge is 0.0483 e. The maximum absolute atomic E-state index is 2.48. The van der Waals surface area contributed by atoms with Crippen LogP contribution < -0.4 is 0 Å². The molecule has 2 rings (SSSR count). The van der Waals surface area contributed by atoms with Gasteiger partial charge in [-0.2, -0.15) is 0 Å². The van der Waals surface area contributed by atoms with Crippen molar-refractivity contribution in [1.82, 2.24) is 4.57 Å². The number of rotatable bonds is 8. The van der Waals surface area contributed by atoms with Gasteiger partial charge in [-0.1, -0.05) is 76.1 Å². The minimum absolute atomic E-state index is 0.376. The SMILES string of the molecule is CC(=CCC(C(C)C)C(C)(C)C)CCC=C(C)Cn1ccc2ccccc21. The molecule has 0 bridgehead atoms. The molecular weight excluding hydrogens is 326 g/mol. The number of hydrogen-bond donors (Lipinski definition) is 0. The monoisotopic (exact) mass is 365 g/mol. The quantitative estimate of drug-likeness (QED) is 0.417. The number of benzene rings is 1. The maximum atomic E-state index is 2.48. The minimum Gasteiger partial charge on any atom is -0.343 e.